The van der Waals surface area contributed by atoms with Gasteiger partial charge in [0, 0.05) is 36.9 Å². The molecular weight excluding hydrogens is 230 g/mol. The molecule has 1 aliphatic rings. The predicted molar refractivity (Wildman–Crippen MR) is 63.6 cm³/mol. The fourth-order valence-electron chi connectivity index (χ4n) is 1.89. The van der Waals surface area contributed by atoms with Crippen LogP contribution < -0.4 is 0 Å². The summed E-state index contributed by atoms with van der Waals surface area (Å²) in [7, 11) is 0. The molecule has 1 saturated heterocycles. The SMILES string of the molecule is CC(c1ccc(Cl)s1)N1CCC(=O)CC1. The summed E-state index contributed by atoms with van der Waals surface area (Å²) in [5, 5.41) is 0. The van der Waals surface area contributed by atoms with Gasteiger partial charge >= 0.3 is 0 Å². The lowest BCUT2D eigenvalue weighted by Crippen LogP contribution is -2.35. The van der Waals surface area contributed by atoms with Gasteiger partial charge in [-0.3, -0.25) is 9.69 Å². The van der Waals surface area contributed by atoms with Crippen molar-refractivity contribution in [3.8, 4) is 0 Å². The lowest BCUT2D eigenvalue weighted by atomic mass is 10.1. The molecule has 1 fully saturated rings. The topological polar surface area (TPSA) is 20.3 Å². The van der Waals surface area contributed by atoms with Crippen molar-refractivity contribution in [1.82, 2.24) is 4.90 Å². The number of hydrogen-bond donors (Lipinski definition) is 0. The Kier molecular flexibility index (Phi) is 3.44. The molecule has 82 valence electrons. The van der Waals surface area contributed by atoms with Gasteiger partial charge in [0.2, 0.25) is 0 Å². The molecular formula is C11H14ClNOS. The standard InChI is InChI=1S/C11H14ClNOS/c1-8(10-2-3-11(12)15-10)13-6-4-9(14)5-7-13/h2-3,8H,4-7H2,1H3. The molecule has 0 aromatic carbocycles. The fraction of sp³-hybridized carbons (Fsp3) is 0.545. The largest absolute Gasteiger partial charge is 0.300 e. The number of carbonyl (C=O) groups excluding carboxylic acids is 1. The Morgan fingerprint density at radius 1 is 1.40 bits per heavy atom. The van der Waals surface area contributed by atoms with Crippen molar-refractivity contribution >= 4 is 28.7 Å². The molecule has 1 aliphatic heterocycles. The number of piperidine rings is 1. The molecule has 0 N–H and O–H groups in total. The highest BCUT2D eigenvalue weighted by molar-refractivity contribution is 7.16. The van der Waals surface area contributed by atoms with Crippen LogP contribution in [-0.2, 0) is 4.79 Å². The third-order valence-corrected chi connectivity index (χ3v) is 4.31. The minimum Gasteiger partial charge on any atom is -0.300 e. The Morgan fingerprint density at radius 2 is 2.07 bits per heavy atom. The van der Waals surface area contributed by atoms with Gasteiger partial charge in [0.15, 0.2) is 0 Å². The van der Waals surface area contributed by atoms with Crippen molar-refractivity contribution in [2.75, 3.05) is 13.1 Å². The summed E-state index contributed by atoms with van der Waals surface area (Å²) >= 11 is 7.54. The van der Waals surface area contributed by atoms with E-state index in [1.165, 1.54) is 4.88 Å². The highest BCUT2D eigenvalue weighted by Crippen LogP contribution is 2.31. The van der Waals surface area contributed by atoms with E-state index in [4.69, 9.17) is 11.6 Å². The van der Waals surface area contributed by atoms with Crippen LogP contribution in [0.5, 0.6) is 0 Å². The van der Waals surface area contributed by atoms with Crippen molar-refractivity contribution in [3.63, 3.8) is 0 Å². The van der Waals surface area contributed by atoms with E-state index >= 15 is 0 Å². The number of rotatable bonds is 2. The van der Waals surface area contributed by atoms with Crippen molar-refractivity contribution in [2.24, 2.45) is 0 Å². The fourth-order valence-corrected chi connectivity index (χ4v) is 3.04. The summed E-state index contributed by atoms with van der Waals surface area (Å²) in [5.41, 5.74) is 0. The predicted octanol–water partition coefficient (Wildman–Crippen LogP) is 3.13. The normalized spacial score (nSPS) is 20.5. The molecule has 0 radical (unpaired) electrons. The molecule has 1 aromatic rings. The monoisotopic (exact) mass is 243 g/mol. The first-order valence-electron chi connectivity index (χ1n) is 5.18. The molecule has 0 saturated carbocycles. The van der Waals surface area contributed by atoms with Gasteiger partial charge in [-0.2, -0.15) is 0 Å². The molecule has 4 heteroatoms. The Bertz CT molecular complexity index is 353. The van der Waals surface area contributed by atoms with Crippen molar-refractivity contribution < 1.29 is 4.79 Å². The molecule has 0 spiro atoms. The number of hydrogen-bond acceptors (Lipinski definition) is 3. The third kappa shape index (κ3) is 2.60. The van der Waals surface area contributed by atoms with Crippen molar-refractivity contribution in [1.29, 1.82) is 0 Å². The van der Waals surface area contributed by atoms with Gasteiger partial charge in [-0.05, 0) is 19.1 Å². The molecule has 2 rings (SSSR count). The molecule has 15 heavy (non-hydrogen) atoms. The van der Waals surface area contributed by atoms with E-state index in [1.54, 1.807) is 11.3 Å². The zero-order valence-electron chi connectivity index (χ0n) is 8.70. The number of carbonyl (C=O) groups is 1. The molecule has 2 heterocycles. The number of thiophene rings is 1. The van der Waals surface area contributed by atoms with Gasteiger partial charge in [0.1, 0.15) is 5.78 Å². The molecule has 1 atom stereocenters. The molecule has 0 aliphatic carbocycles. The van der Waals surface area contributed by atoms with Gasteiger partial charge < -0.3 is 0 Å². The summed E-state index contributed by atoms with van der Waals surface area (Å²) < 4.78 is 0.838. The summed E-state index contributed by atoms with van der Waals surface area (Å²) in [6, 6.07) is 4.40. The van der Waals surface area contributed by atoms with Gasteiger partial charge in [-0.1, -0.05) is 11.6 Å². The number of Topliss-reactive ketones (excluding diaryl/α,β-unsaturated/α-hetero) is 1. The zero-order chi connectivity index (χ0) is 10.8. The summed E-state index contributed by atoms with van der Waals surface area (Å²) in [4.78, 5) is 14.8. The number of ketones is 1. The van der Waals surface area contributed by atoms with E-state index in [0.29, 0.717) is 24.7 Å². The highest BCUT2D eigenvalue weighted by atomic mass is 35.5. The molecule has 1 unspecified atom stereocenters. The summed E-state index contributed by atoms with van der Waals surface area (Å²) in [6.45, 7) is 3.95. The van der Waals surface area contributed by atoms with Crippen LogP contribution in [0.15, 0.2) is 12.1 Å². The van der Waals surface area contributed by atoms with E-state index in [-0.39, 0.29) is 0 Å². The van der Waals surface area contributed by atoms with E-state index in [0.717, 1.165) is 17.4 Å². The first kappa shape index (κ1) is 11.1. The van der Waals surface area contributed by atoms with Crippen LogP contribution in [0.3, 0.4) is 0 Å². The van der Waals surface area contributed by atoms with Crippen LogP contribution in [0.4, 0.5) is 0 Å². The average Bonchev–Trinajstić information content (AvgIpc) is 2.65. The van der Waals surface area contributed by atoms with Crippen LogP contribution in [0.2, 0.25) is 4.34 Å². The maximum absolute atomic E-state index is 11.1. The van der Waals surface area contributed by atoms with Crippen LogP contribution in [0, 0.1) is 0 Å². The average molecular weight is 244 g/mol. The Labute approximate surface area is 98.8 Å². The first-order valence-corrected chi connectivity index (χ1v) is 6.37. The van der Waals surface area contributed by atoms with E-state index in [9.17, 15) is 4.79 Å². The first-order chi connectivity index (χ1) is 7.16. The van der Waals surface area contributed by atoms with Crippen LogP contribution in [0.1, 0.15) is 30.7 Å². The van der Waals surface area contributed by atoms with Crippen LogP contribution in [0.25, 0.3) is 0 Å². The number of halogens is 1. The van der Waals surface area contributed by atoms with Gasteiger partial charge in [0.05, 0.1) is 4.34 Å². The quantitative estimate of drug-likeness (QED) is 0.796. The van der Waals surface area contributed by atoms with Gasteiger partial charge in [-0.25, -0.2) is 0 Å². The second-order valence-electron chi connectivity index (χ2n) is 3.89. The lowest BCUT2D eigenvalue weighted by molar-refractivity contribution is -0.121. The van der Waals surface area contributed by atoms with E-state index in [1.807, 2.05) is 6.07 Å². The lowest BCUT2D eigenvalue weighted by Gasteiger charge is -2.31. The minimum atomic E-state index is 0.385. The maximum atomic E-state index is 11.1. The summed E-state index contributed by atoms with van der Waals surface area (Å²) in [5.74, 6) is 0.391. The van der Waals surface area contributed by atoms with Crippen molar-refractivity contribution in [3.05, 3.63) is 21.3 Å². The van der Waals surface area contributed by atoms with Crippen LogP contribution >= 0.6 is 22.9 Å². The van der Waals surface area contributed by atoms with Crippen LogP contribution in [-0.4, -0.2) is 23.8 Å². The van der Waals surface area contributed by atoms with Gasteiger partial charge in [0.25, 0.3) is 0 Å². The zero-order valence-corrected chi connectivity index (χ0v) is 10.3. The van der Waals surface area contributed by atoms with Crippen molar-refractivity contribution in [2.45, 2.75) is 25.8 Å². The smallest absolute Gasteiger partial charge is 0.135 e. The Morgan fingerprint density at radius 3 is 2.60 bits per heavy atom. The number of likely N-dealkylation sites (tertiary alicyclic amines) is 1. The molecule has 2 nitrogen and oxygen atoms in total. The Balaban J connectivity index is 2.02. The molecule has 1 aromatic heterocycles. The molecule has 0 bridgehead atoms. The summed E-state index contributed by atoms with van der Waals surface area (Å²) in [6.07, 6.45) is 1.40. The minimum absolute atomic E-state index is 0.385. The second kappa shape index (κ2) is 4.64. The Hall–Kier alpha value is -0.380. The van der Waals surface area contributed by atoms with E-state index < -0.39 is 0 Å². The maximum Gasteiger partial charge on any atom is 0.135 e. The number of nitrogens with zero attached hydrogens (tertiary/aromatic N) is 1. The second-order valence-corrected chi connectivity index (χ2v) is 5.64. The highest BCUT2D eigenvalue weighted by Gasteiger charge is 2.22. The third-order valence-electron chi connectivity index (χ3n) is 2.91. The van der Waals surface area contributed by atoms with E-state index in [2.05, 4.69) is 17.9 Å². The van der Waals surface area contributed by atoms with Gasteiger partial charge in [-0.15, -0.1) is 11.3 Å². The molecule has 0 amide bonds.